The molecule has 0 spiro atoms. The fourth-order valence-corrected chi connectivity index (χ4v) is 3.34. The quantitative estimate of drug-likeness (QED) is 0.757. The summed E-state index contributed by atoms with van der Waals surface area (Å²) >= 11 is 4.51. The third-order valence-electron chi connectivity index (χ3n) is 4.04. The molecule has 102 valence electrons. The fourth-order valence-electron chi connectivity index (χ4n) is 2.67. The van der Waals surface area contributed by atoms with Crippen molar-refractivity contribution in [2.75, 3.05) is 46.0 Å². The minimum Gasteiger partial charge on any atom is -0.306 e. The largest absolute Gasteiger partial charge is 0.306 e. The summed E-state index contributed by atoms with van der Waals surface area (Å²) in [6, 6.07) is 0. The van der Waals surface area contributed by atoms with Gasteiger partial charge in [-0.2, -0.15) is 12.6 Å². The lowest BCUT2D eigenvalue weighted by molar-refractivity contribution is 0.172. The van der Waals surface area contributed by atoms with Gasteiger partial charge in [0.15, 0.2) is 0 Å². The van der Waals surface area contributed by atoms with Gasteiger partial charge >= 0.3 is 0 Å². The smallest absolute Gasteiger partial charge is 0.00195 e. The van der Waals surface area contributed by atoms with Crippen LogP contribution in [0.5, 0.6) is 0 Å². The first kappa shape index (κ1) is 15.3. The number of hydrogen-bond donors (Lipinski definition) is 1. The third kappa shape index (κ3) is 5.19. The van der Waals surface area contributed by atoms with Crippen molar-refractivity contribution in [2.24, 2.45) is 17.3 Å². The number of nitrogens with zero attached hydrogens (tertiary/aromatic N) is 2. The molecule has 1 rings (SSSR count). The zero-order valence-corrected chi connectivity index (χ0v) is 13.1. The molecular formula is C14H30N2S. The van der Waals surface area contributed by atoms with Gasteiger partial charge in [0, 0.05) is 19.6 Å². The summed E-state index contributed by atoms with van der Waals surface area (Å²) in [6.07, 6.45) is 1.36. The predicted molar refractivity (Wildman–Crippen MR) is 79.9 cm³/mol. The third-order valence-corrected chi connectivity index (χ3v) is 4.48. The Kier molecular flexibility index (Phi) is 5.81. The van der Waals surface area contributed by atoms with Crippen LogP contribution < -0.4 is 0 Å². The minimum atomic E-state index is 0.364. The first-order valence-electron chi connectivity index (χ1n) is 6.81. The topological polar surface area (TPSA) is 6.48 Å². The molecule has 2 unspecified atom stereocenters. The lowest BCUT2D eigenvalue weighted by Crippen LogP contribution is -2.37. The standard InChI is InChI=1S/C14H30N2S/c1-14(2,3)13(11-17)10-16(5)9-12-6-7-15(4)8-12/h12-13,17H,6-11H2,1-5H3. The molecule has 0 bridgehead atoms. The van der Waals surface area contributed by atoms with Crippen molar-refractivity contribution in [1.29, 1.82) is 0 Å². The van der Waals surface area contributed by atoms with Crippen LogP contribution in [0.3, 0.4) is 0 Å². The Hall–Kier alpha value is 0.270. The van der Waals surface area contributed by atoms with Crippen LogP contribution in [-0.2, 0) is 0 Å². The second-order valence-corrected chi connectivity index (χ2v) is 7.25. The molecule has 17 heavy (non-hydrogen) atoms. The van der Waals surface area contributed by atoms with Gasteiger partial charge in [-0.15, -0.1) is 0 Å². The Morgan fingerprint density at radius 2 is 2.06 bits per heavy atom. The molecule has 0 aromatic carbocycles. The zero-order chi connectivity index (χ0) is 13.1. The highest BCUT2D eigenvalue weighted by atomic mass is 32.1. The van der Waals surface area contributed by atoms with Gasteiger partial charge in [-0.05, 0) is 50.1 Å². The van der Waals surface area contributed by atoms with Gasteiger partial charge in [-0.25, -0.2) is 0 Å². The molecule has 0 aromatic rings. The van der Waals surface area contributed by atoms with E-state index in [0.717, 1.165) is 11.7 Å². The molecule has 0 radical (unpaired) electrons. The van der Waals surface area contributed by atoms with Gasteiger partial charge in [0.25, 0.3) is 0 Å². The van der Waals surface area contributed by atoms with Crippen molar-refractivity contribution in [3.63, 3.8) is 0 Å². The number of thiol groups is 1. The van der Waals surface area contributed by atoms with E-state index in [9.17, 15) is 0 Å². The van der Waals surface area contributed by atoms with Gasteiger partial charge in [-0.3, -0.25) is 0 Å². The van der Waals surface area contributed by atoms with E-state index in [4.69, 9.17) is 0 Å². The second-order valence-electron chi connectivity index (χ2n) is 6.88. The molecule has 0 amide bonds. The van der Waals surface area contributed by atoms with E-state index in [2.05, 4.69) is 57.3 Å². The van der Waals surface area contributed by atoms with Crippen molar-refractivity contribution in [3.8, 4) is 0 Å². The molecule has 0 N–H and O–H groups in total. The van der Waals surface area contributed by atoms with E-state index in [0.29, 0.717) is 11.3 Å². The van der Waals surface area contributed by atoms with Gasteiger partial charge in [0.05, 0.1) is 0 Å². The van der Waals surface area contributed by atoms with Gasteiger partial charge < -0.3 is 9.80 Å². The molecule has 1 aliphatic rings. The summed E-state index contributed by atoms with van der Waals surface area (Å²) in [5.74, 6) is 2.53. The summed E-state index contributed by atoms with van der Waals surface area (Å²) < 4.78 is 0. The van der Waals surface area contributed by atoms with Crippen LogP contribution in [0.4, 0.5) is 0 Å². The number of likely N-dealkylation sites (tertiary alicyclic amines) is 1. The Balaban J connectivity index is 2.35. The van der Waals surface area contributed by atoms with E-state index >= 15 is 0 Å². The van der Waals surface area contributed by atoms with E-state index in [1.165, 1.54) is 32.6 Å². The summed E-state index contributed by atoms with van der Waals surface area (Å²) in [5.41, 5.74) is 0.364. The lowest BCUT2D eigenvalue weighted by atomic mass is 9.81. The summed E-state index contributed by atoms with van der Waals surface area (Å²) in [6.45, 7) is 11.9. The summed E-state index contributed by atoms with van der Waals surface area (Å²) in [5, 5.41) is 0. The van der Waals surface area contributed by atoms with Crippen LogP contribution in [-0.4, -0.2) is 55.8 Å². The van der Waals surface area contributed by atoms with E-state index in [1.54, 1.807) is 0 Å². The second kappa shape index (κ2) is 6.44. The predicted octanol–water partition coefficient (Wildman–Crippen LogP) is 2.46. The first-order valence-corrected chi connectivity index (χ1v) is 7.44. The average molecular weight is 258 g/mol. The van der Waals surface area contributed by atoms with Crippen LogP contribution in [0, 0.1) is 17.3 Å². The molecular weight excluding hydrogens is 228 g/mol. The molecule has 2 atom stereocenters. The highest BCUT2D eigenvalue weighted by Crippen LogP contribution is 2.28. The molecule has 1 fully saturated rings. The summed E-state index contributed by atoms with van der Waals surface area (Å²) in [7, 11) is 4.49. The summed E-state index contributed by atoms with van der Waals surface area (Å²) in [4.78, 5) is 4.95. The number of hydrogen-bond acceptors (Lipinski definition) is 3. The Bertz CT molecular complexity index is 225. The van der Waals surface area contributed by atoms with Crippen LogP contribution >= 0.6 is 12.6 Å². The minimum absolute atomic E-state index is 0.364. The highest BCUT2D eigenvalue weighted by molar-refractivity contribution is 7.80. The molecule has 1 heterocycles. The molecule has 3 heteroatoms. The normalized spacial score (nSPS) is 24.5. The van der Waals surface area contributed by atoms with Crippen LogP contribution in [0.25, 0.3) is 0 Å². The molecule has 0 aromatic heterocycles. The fraction of sp³-hybridized carbons (Fsp3) is 1.00. The SMILES string of the molecule is CN1CCC(CN(C)CC(CS)C(C)(C)C)C1. The first-order chi connectivity index (χ1) is 7.82. The Morgan fingerprint density at radius 3 is 2.47 bits per heavy atom. The van der Waals surface area contributed by atoms with Crippen molar-refractivity contribution >= 4 is 12.6 Å². The monoisotopic (exact) mass is 258 g/mol. The molecule has 0 aliphatic carbocycles. The van der Waals surface area contributed by atoms with Crippen LogP contribution in [0.2, 0.25) is 0 Å². The molecule has 0 saturated carbocycles. The van der Waals surface area contributed by atoms with Crippen molar-refractivity contribution < 1.29 is 0 Å². The average Bonchev–Trinajstić information content (AvgIpc) is 2.58. The molecule has 1 saturated heterocycles. The van der Waals surface area contributed by atoms with E-state index < -0.39 is 0 Å². The maximum atomic E-state index is 4.51. The zero-order valence-electron chi connectivity index (χ0n) is 12.2. The van der Waals surface area contributed by atoms with E-state index in [-0.39, 0.29) is 0 Å². The van der Waals surface area contributed by atoms with Gasteiger partial charge in [-0.1, -0.05) is 20.8 Å². The van der Waals surface area contributed by atoms with Crippen molar-refractivity contribution in [1.82, 2.24) is 9.80 Å². The Morgan fingerprint density at radius 1 is 1.41 bits per heavy atom. The van der Waals surface area contributed by atoms with Crippen LogP contribution in [0.15, 0.2) is 0 Å². The number of rotatable bonds is 5. The van der Waals surface area contributed by atoms with Crippen LogP contribution in [0.1, 0.15) is 27.2 Å². The van der Waals surface area contributed by atoms with Crippen molar-refractivity contribution in [2.45, 2.75) is 27.2 Å². The highest BCUT2D eigenvalue weighted by Gasteiger charge is 2.26. The maximum Gasteiger partial charge on any atom is 0.00195 e. The lowest BCUT2D eigenvalue weighted by Gasteiger charge is -2.33. The molecule has 2 nitrogen and oxygen atoms in total. The van der Waals surface area contributed by atoms with Gasteiger partial charge in [0.2, 0.25) is 0 Å². The van der Waals surface area contributed by atoms with Gasteiger partial charge in [0.1, 0.15) is 0 Å². The van der Waals surface area contributed by atoms with E-state index in [1.807, 2.05) is 0 Å². The molecule has 1 aliphatic heterocycles. The maximum absolute atomic E-state index is 4.51. The van der Waals surface area contributed by atoms with Crippen molar-refractivity contribution in [3.05, 3.63) is 0 Å². The Labute approximate surface area is 113 Å².